The minimum Gasteiger partial charge on any atom is -0.299 e. The van der Waals surface area contributed by atoms with Crippen molar-refractivity contribution in [2.45, 2.75) is 26.8 Å². The Bertz CT molecular complexity index is 611. The summed E-state index contributed by atoms with van der Waals surface area (Å²) < 4.78 is 1.45. The predicted molar refractivity (Wildman–Crippen MR) is 67.8 cm³/mol. The van der Waals surface area contributed by atoms with E-state index in [9.17, 15) is 9.59 Å². The number of ketones is 1. The third-order valence-electron chi connectivity index (χ3n) is 2.85. The minimum absolute atomic E-state index is 0.229. The summed E-state index contributed by atoms with van der Waals surface area (Å²) in [4.78, 5) is 28.3. The van der Waals surface area contributed by atoms with Crippen molar-refractivity contribution in [3.8, 4) is 0 Å². The lowest BCUT2D eigenvalue weighted by Gasteiger charge is -1.98. The Morgan fingerprint density at radius 2 is 2.22 bits per heavy atom. The number of rotatable bonds is 4. The van der Waals surface area contributed by atoms with Gasteiger partial charge in [-0.1, -0.05) is 6.92 Å². The van der Waals surface area contributed by atoms with Crippen LogP contribution in [0.4, 0.5) is 0 Å². The first-order valence-electron chi connectivity index (χ1n) is 5.95. The van der Waals surface area contributed by atoms with E-state index >= 15 is 0 Å². The molecule has 0 aliphatic rings. The molecule has 18 heavy (non-hydrogen) atoms. The Morgan fingerprint density at radius 3 is 2.78 bits per heavy atom. The van der Waals surface area contributed by atoms with Crippen LogP contribution < -0.4 is 5.56 Å². The Morgan fingerprint density at radius 1 is 1.44 bits per heavy atom. The maximum atomic E-state index is 12.3. The standard InChI is InChI=1S/C13H15N3O2/c1-3-10-11(13(18)16(4-2)15-10)12(17)9-6-5-7-14-8-9/h5-8,15H,3-4H2,1-2H3. The zero-order valence-corrected chi connectivity index (χ0v) is 10.4. The van der Waals surface area contributed by atoms with Crippen molar-refractivity contribution in [2.24, 2.45) is 0 Å². The fourth-order valence-electron chi connectivity index (χ4n) is 1.89. The van der Waals surface area contributed by atoms with Crippen LogP contribution in [0.15, 0.2) is 29.3 Å². The number of nitrogens with one attached hydrogen (secondary N) is 1. The average Bonchev–Trinajstić information content (AvgIpc) is 2.75. The molecule has 94 valence electrons. The summed E-state index contributed by atoms with van der Waals surface area (Å²) in [6, 6.07) is 3.35. The van der Waals surface area contributed by atoms with Gasteiger partial charge in [-0.05, 0) is 25.5 Å². The second-order valence-electron chi connectivity index (χ2n) is 3.94. The molecule has 0 aliphatic heterocycles. The van der Waals surface area contributed by atoms with Gasteiger partial charge >= 0.3 is 0 Å². The summed E-state index contributed by atoms with van der Waals surface area (Å²) in [5.74, 6) is -0.270. The van der Waals surface area contributed by atoms with E-state index in [0.29, 0.717) is 24.2 Å². The van der Waals surface area contributed by atoms with Crippen LogP contribution in [0.1, 0.15) is 35.5 Å². The summed E-state index contributed by atoms with van der Waals surface area (Å²) in [6.07, 6.45) is 3.69. The van der Waals surface area contributed by atoms with Gasteiger partial charge in [0, 0.05) is 30.2 Å². The van der Waals surface area contributed by atoms with Crippen LogP contribution in [0.5, 0.6) is 0 Å². The number of aromatic nitrogens is 3. The van der Waals surface area contributed by atoms with Crippen molar-refractivity contribution >= 4 is 5.78 Å². The van der Waals surface area contributed by atoms with Gasteiger partial charge in [0.15, 0.2) is 0 Å². The first-order valence-corrected chi connectivity index (χ1v) is 5.95. The minimum atomic E-state index is -0.270. The molecule has 0 amide bonds. The monoisotopic (exact) mass is 245 g/mol. The number of aromatic amines is 1. The highest BCUT2D eigenvalue weighted by atomic mass is 16.2. The van der Waals surface area contributed by atoms with E-state index < -0.39 is 0 Å². The van der Waals surface area contributed by atoms with Gasteiger partial charge < -0.3 is 0 Å². The van der Waals surface area contributed by atoms with Crippen molar-refractivity contribution in [1.82, 2.24) is 14.8 Å². The molecule has 0 radical (unpaired) electrons. The van der Waals surface area contributed by atoms with Crippen molar-refractivity contribution in [3.63, 3.8) is 0 Å². The quantitative estimate of drug-likeness (QED) is 0.827. The highest BCUT2D eigenvalue weighted by molar-refractivity contribution is 6.09. The first-order chi connectivity index (χ1) is 8.69. The van der Waals surface area contributed by atoms with E-state index in [4.69, 9.17) is 0 Å². The molecule has 0 saturated carbocycles. The molecule has 5 heteroatoms. The Labute approximate surface area is 104 Å². The molecule has 0 atom stereocenters. The van der Waals surface area contributed by atoms with E-state index in [2.05, 4.69) is 10.1 Å². The largest absolute Gasteiger partial charge is 0.299 e. The maximum absolute atomic E-state index is 12.3. The molecule has 1 N–H and O–H groups in total. The van der Waals surface area contributed by atoms with E-state index in [1.165, 1.54) is 10.9 Å². The molecule has 0 aliphatic carbocycles. The number of carbonyl (C=O) groups is 1. The van der Waals surface area contributed by atoms with E-state index in [1.54, 1.807) is 18.3 Å². The number of carbonyl (C=O) groups excluding carboxylic acids is 1. The maximum Gasteiger partial charge on any atom is 0.278 e. The second kappa shape index (κ2) is 5.00. The SMILES string of the molecule is CCc1[nH]n(CC)c(=O)c1C(=O)c1cccnc1. The smallest absolute Gasteiger partial charge is 0.278 e. The molecule has 0 spiro atoms. The van der Waals surface area contributed by atoms with Gasteiger partial charge in [0.2, 0.25) is 5.78 Å². The molecule has 0 unspecified atom stereocenters. The zero-order chi connectivity index (χ0) is 13.1. The van der Waals surface area contributed by atoms with Gasteiger partial charge in [-0.15, -0.1) is 0 Å². The Hall–Kier alpha value is -2.17. The van der Waals surface area contributed by atoms with Crippen LogP contribution >= 0.6 is 0 Å². The van der Waals surface area contributed by atoms with Crippen LogP contribution in [0.3, 0.4) is 0 Å². The van der Waals surface area contributed by atoms with Crippen LogP contribution in [0.25, 0.3) is 0 Å². The van der Waals surface area contributed by atoms with Crippen LogP contribution in [-0.2, 0) is 13.0 Å². The Kier molecular flexibility index (Phi) is 3.41. The number of hydrogen-bond donors (Lipinski definition) is 1. The molecule has 0 aromatic carbocycles. The lowest BCUT2D eigenvalue weighted by Crippen LogP contribution is -2.21. The summed E-state index contributed by atoms with van der Waals surface area (Å²) >= 11 is 0. The van der Waals surface area contributed by atoms with Gasteiger partial charge in [0.05, 0.1) is 0 Å². The van der Waals surface area contributed by atoms with Gasteiger partial charge in [0.1, 0.15) is 5.56 Å². The molecule has 2 heterocycles. The zero-order valence-electron chi connectivity index (χ0n) is 10.4. The fourth-order valence-corrected chi connectivity index (χ4v) is 1.89. The molecule has 0 fully saturated rings. The molecule has 2 rings (SSSR count). The van der Waals surface area contributed by atoms with Crippen LogP contribution in [0.2, 0.25) is 0 Å². The van der Waals surface area contributed by atoms with Gasteiger partial charge in [0.25, 0.3) is 5.56 Å². The van der Waals surface area contributed by atoms with E-state index in [-0.39, 0.29) is 16.9 Å². The Balaban J connectivity index is 2.55. The summed E-state index contributed by atoms with van der Waals surface area (Å²) in [7, 11) is 0. The number of H-pyrrole nitrogens is 1. The topological polar surface area (TPSA) is 67.8 Å². The first kappa shape index (κ1) is 12.3. The molecular weight excluding hydrogens is 230 g/mol. The van der Waals surface area contributed by atoms with Gasteiger partial charge in [-0.25, -0.2) is 0 Å². The number of aryl methyl sites for hydroxylation is 2. The highest BCUT2D eigenvalue weighted by Gasteiger charge is 2.20. The van der Waals surface area contributed by atoms with E-state index in [0.717, 1.165) is 0 Å². The molecule has 2 aromatic heterocycles. The van der Waals surface area contributed by atoms with Gasteiger partial charge in [-0.2, -0.15) is 0 Å². The lowest BCUT2D eigenvalue weighted by atomic mass is 10.0. The van der Waals surface area contributed by atoms with Crippen LogP contribution in [-0.4, -0.2) is 20.5 Å². The number of pyridine rings is 1. The number of hydrogen-bond acceptors (Lipinski definition) is 3. The molecule has 5 nitrogen and oxygen atoms in total. The second-order valence-corrected chi connectivity index (χ2v) is 3.94. The molecule has 2 aromatic rings. The molecule has 0 bridgehead atoms. The van der Waals surface area contributed by atoms with Gasteiger partial charge in [-0.3, -0.25) is 24.4 Å². The predicted octanol–water partition coefficient (Wildman–Crippen LogP) is 1.38. The third kappa shape index (κ3) is 1.99. The summed E-state index contributed by atoms with van der Waals surface area (Å²) in [5.41, 5.74) is 1.08. The fraction of sp³-hybridized carbons (Fsp3) is 0.308. The van der Waals surface area contributed by atoms with Crippen molar-refractivity contribution in [3.05, 3.63) is 51.7 Å². The van der Waals surface area contributed by atoms with E-state index in [1.807, 2.05) is 13.8 Å². The van der Waals surface area contributed by atoms with Crippen molar-refractivity contribution < 1.29 is 4.79 Å². The van der Waals surface area contributed by atoms with Crippen LogP contribution in [0, 0.1) is 0 Å². The molecule has 0 saturated heterocycles. The third-order valence-corrected chi connectivity index (χ3v) is 2.85. The number of nitrogens with zero attached hydrogens (tertiary/aromatic N) is 2. The average molecular weight is 245 g/mol. The lowest BCUT2D eigenvalue weighted by molar-refractivity contribution is 0.103. The normalized spacial score (nSPS) is 10.6. The summed E-state index contributed by atoms with van der Waals surface area (Å²) in [6.45, 7) is 4.28. The summed E-state index contributed by atoms with van der Waals surface area (Å²) in [5, 5.41) is 2.96. The van der Waals surface area contributed by atoms with Crippen molar-refractivity contribution in [1.29, 1.82) is 0 Å². The van der Waals surface area contributed by atoms with Crippen molar-refractivity contribution in [2.75, 3.05) is 0 Å². The highest BCUT2D eigenvalue weighted by Crippen LogP contribution is 2.09. The molecular formula is C13H15N3O2.